The van der Waals surface area contributed by atoms with Crippen LogP contribution in [0.25, 0.3) is 0 Å². The predicted molar refractivity (Wildman–Crippen MR) is 69.6 cm³/mol. The second-order valence-corrected chi connectivity index (χ2v) is 4.61. The Morgan fingerprint density at radius 3 is 2.79 bits per heavy atom. The minimum atomic E-state index is -0.744. The molecule has 0 radical (unpaired) electrons. The Bertz CT molecular complexity index is 654. The van der Waals surface area contributed by atoms with Crippen molar-refractivity contribution < 1.29 is 14.3 Å². The molecule has 1 aliphatic rings. The van der Waals surface area contributed by atoms with Crippen LogP contribution in [0.15, 0.2) is 42.5 Å². The third kappa shape index (κ3) is 2.05. The predicted octanol–water partition coefficient (Wildman–Crippen LogP) is 2.81. The molecule has 96 valence electrons. The van der Waals surface area contributed by atoms with Crippen LogP contribution in [0.1, 0.15) is 17.0 Å². The van der Waals surface area contributed by atoms with Gasteiger partial charge in [0, 0.05) is 11.8 Å². The van der Waals surface area contributed by atoms with Crippen molar-refractivity contribution in [2.24, 2.45) is 0 Å². The van der Waals surface area contributed by atoms with Gasteiger partial charge in [-0.25, -0.2) is 4.39 Å². The molecule has 0 saturated carbocycles. The number of amides is 1. The van der Waals surface area contributed by atoms with E-state index in [0.717, 1.165) is 11.6 Å². The molecule has 2 aromatic rings. The average Bonchev–Trinajstić information content (AvgIpc) is 2.35. The van der Waals surface area contributed by atoms with Crippen LogP contribution < -0.4 is 5.32 Å². The largest absolute Gasteiger partial charge is 0.505 e. The molecule has 1 unspecified atom stereocenters. The van der Waals surface area contributed by atoms with Gasteiger partial charge in [0.2, 0.25) is 5.91 Å². The number of carbonyl (C=O) groups is 1. The van der Waals surface area contributed by atoms with E-state index in [2.05, 4.69) is 5.32 Å². The molecule has 3 nitrogen and oxygen atoms in total. The third-order valence-electron chi connectivity index (χ3n) is 3.39. The summed E-state index contributed by atoms with van der Waals surface area (Å²) in [6.07, 6.45) is 0.711. The maximum absolute atomic E-state index is 13.2. The first-order valence-electron chi connectivity index (χ1n) is 6.02. The molecule has 2 aromatic carbocycles. The summed E-state index contributed by atoms with van der Waals surface area (Å²) < 4.78 is 13.2. The lowest BCUT2D eigenvalue weighted by Crippen LogP contribution is -2.30. The number of aromatic hydroxyl groups is 1. The van der Waals surface area contributed by atoms with Crippen molar-refractivity contribution in [2.45, 2.75) is 12.3 Å². The van der Waals surface area contributed by atoms with Gasteiger partial charge < -0.3 is 10.4 Å². The Hall–Kier alpha value is -2.36. The van der Waals surface area contributed by atoms with Crippen LogP contribution >= 0.6 is 0 Å². The highest BCUT2D eigenvalue weighted by Gasteiger charge is 2.31. The van der Waals surface area contributed by atoms with Gasteiger partial charge in [-0.15, -0.1) is 0 Å². The molecular weight excluding hydrogens is 245 g/mol. The molecule has 2 N–H and O–H groups in total. The fourth-order valence-corrected chi connectivity index (χ4v) is 2.31. The van der Waals surface area contributed by atoms with Crippen molar-refractivity contribution in [3.8, 4) is 5.75 Å². The number of carbonyl (C=O) groups excluding carboxylic acids is 1. The van der Waals surface area contributed by atoms with Gasteiger partial charge in [0.05, 0.1) is 5.92 Å². The number of anilines is 1. The fourth-order valence-electron chi connectivity index (χ4n) is 2.31. The smallest absolute Gasteiger partial charge is 0.232 e. The summed E-state index contributed by atoms with van der Waals surface area (Å²) in [4.78, 5) is 12.1. The third-order valence-corrected chi connectivity index (χ3v) is 3.39. The molecule has 1 atom stereocenters. The van der Waals surface area contributed by atoms with Crippen molar-refractivity contribution in [1.29, 1.82) is 0 Å². The minimum Gasteiger partial charge on any atom is -0.505 e. The van der Waals surface area contributed by atoms with Gasteiger partial charge in [-0.05, 0) is 29.7 Å². The number of benzene rings is 2. The van der Waals surface area contributed by atoms with Crippen molar-refractivity contribution in [2.75, 3.05) is 5.32 Å². The Balaban J connectivity index is 1.75. The first-order valence-corrected chi connectivity index (χ1v) is 6.02. The molecule has 0 saturated heterocycles. The zero-order valence-electron chi connectivity index (χ0n) is 10.1. The van der Waals surface area contributed by atoms with Crippen molar-refractivity contribution >= 4 is 11.6 Å². The number of hydrogen-bond acceptors (Lipinski definition) is 2. The van der Waals surface area contributed by atoms with E-state index in [-0.39, 0.29) is 11.8 Å². The van der Waals surface area contributed by atoms with Gasteiger partial charge in [0.25, 0.3) is 0 Å². The van der Waals surface area contributed by atoms with Gasteiger partial charge in [-0.2, -0.15) is 0 Å². The molecule has 0 aromatic heterocycles. The lowest BCUT2D eigenvalue weighted by Gasteiger charge is -2.28. The Kier molecular flexibility index (Phi) is 2.71. The zero-order valence-corrected chi connectivity index (χ0v) is 10.1. The van der Waals surface area contributed by atoms with Crippen LogP contribution in [0.2, 0.25) is 0 Å². The summed E-state index contributed by atoms with van der Waals surface area (Å²) >= 11 is 0. The molecule has 19 heavy (non-hydrogen) atoms. The van der Waals surface area contributed by atoms with Crippen LogP contribution in [0, 0.1) is 5.82 Å². The van der Waals surface area contributed by atoms with Crippen LogP contribution in [-0.2, 0) is 11.2 Å². The number of hydrogen-bond donors (Lipinski definition) is 2. The fraction of sp³-hybridized carbons (Fsp3) is 0.133. The SMILES string of the molecule is O=C(Nc1ccc(O)c(F)c1)C1Cc2ccccc21. The summed E-state index contributed by atoms with van der Waals surface area (Å²) in [5, 5.41) is 11.7. The molecule has 0 fully saturated rings. The highest BCUT2D eigenvalue weighted by Crippen LogP contribution is 2.35. The monoisotopic (exact) mass is 257 g/mol. The number of halogens is 1. The van der Waals surface area contributed by atoms with Gasteiger partial charge in [-0.3, -0.25) is 4.79 Å². The second kappa shape index (κ2) is 4.39. The summed E-state index contributed by atoms with van der Waals surface area (Å²) in [5.41, 5.74) is 2.56. The van der Waals surface area contributed by atoms with Crippen LogP contribution in [0.4, 0.5) is 10.1 Å². The van der Waals surface area contributed by atoms with Crippen molar-refractivity contribution in [1.82, 2.24) is 0 Å². The summed E-state index contributed by atoms with van der Waals surface area (Å²) in [7, 11) is 0. The van der Waals surface area contributed by atoms with Gasteiger partial charge >= 0.3 is 0 Å². The number of fused-ring (bicyclic) bond motifs is 1. The van der Waals surface area contributed by atoms with E-state index >= 15 is 0 Å². The maximum Gasteiger partial charge on any atom is 0.232 e. The van der Waals surface area contributed by atoms with Crippen molar-refractivity contribution in [3.63, 3.8) is 0 Å². The first kappa shape index (κ1) is 11.7. The van der Waals surface area contributed by atoms with Crippen LogP contribution in [0.3, 0.4) is 0 Å². The Labute approximate surface area is 109 Å². The lowest BCUT2D eigenvalue weighted by atomic mass is 9.77. The molecule has 1 aliphatic carbocycles. The standard InChI is InChI=1S/C15H12FNO2/c16-13-8-10(5-6-14(13)18)17-15(19)12-7-9-3-1-2-4-11(9)12/h1-6,8,12,18H,7H2,(H,17,19). The summed E-state index contributed by atoms with van der Waals surface area (Å²) in [5.74, 6) is -1.49. The molecule has 1 amide bonds. The van der Waals surface area contributed by atoms with Crippen LogP contribution in [0.5, 0.6) is 5.75 Å². The number of nitrogens with one attached hydrogen (secondary N) is 1. The van der Waals surface area contributed by atoms with Crippen molar-refractivity contribution in [3.05, 3.63) is 59.4 Å². The quantitative estimate of drug-likeness (QED) is 0.813. The normalized spacial score (nSPS) is 16.4. The molecule has 0 heterocycles. The zero-order chi connectivity index (χ0) is 13.4. The molecule has 0 bridgehead atoms. The van der Waals surface area contributed by atoms with E-state index in [1.165, 1.54) is 17.7 Å². The molecule has 0 spiro atoms. The van der Waals surface area contributed by atoms with Gasteiger partial charge in [-0.1, -0.05) is 24.3 Å². The maximum atomic E-state index is 13.2. The topological polar surface area (TPSA) is 49.3 Å². The summed E-state index contributed by atoms with van der Waals surface area (Å²) in [6.45, 7) is 0. The van der Waals surface area contributed by atoms with Gasteiger partial charge in [0.1, 0.15) is 0 Å². The molecule has 4 heteroatoms. The highest BCUT2D eigenvalue weighted by atomic mass is 19.1. The number of rotatable bonds is 2. The Morgan fingerprint density at radius 2 is 2.05 bits per heavy atom. The average molecular weight is 257 g/mol. The minimum absolute atomic E-state index is 0.149. The van der Waals surface area contributed by atoms with E-state index in [9.17, 15) is 9.18 Å². The van der Waals surface area contributed by atoms with E-state index < -0.39 is 11.6 Å². The highest BCUT2D eigenvalue weighted by molar-refractivity contribution is 5.97. The first-order chi connectivity index (χ1) is 9.15. The number of phenolic OH excluding ortho intramolecular Hbond substituents is 1. The van der Waals surface area contributed by atoms with E-state index in [1.807, 2.05) is 24.3 Å². The van der Waals surface area contributed by atoms with E-state index in [0.29, 0.717) is 12.1 Å². The molecule has 3 rings (SSSR count). The molecule has 0 aliphatic heterocycles. The molecular formula is C15H12FNO2. The van der Waals surface area contributed by atoms with Gasteiger partial charge in [0.15, 0.2) is 11.6 Å². The van der Waals surface area contributed by atoms with E-state index in [1.54, 1.807) is 0 Å². The second-order valence-electron chi connectivity index (χ2n) is 4.61. The lowest BCUT2D eigenvalue weighted by molar-refractivity contribution is -0.118. The summed E-state index contributed by atoms with van der Waals surface area (Å²) in [6, 6.07) is 11.6. The number of phenols is 1. The Morgan fingerprint density at radius 1 is 1.26 bits per heavy atom. The van der Waals surface area contributed by atoms with Crippen LogP contribution in [-0.4, -0.2) is 11.0 Å². The van der Waals surface area contributed by atoms with E-state index in [4.69, 9.17) is 5.11 Å².